The molecule has 0 bridgehead atoms. The van der Waals surface area contributed by atoms with Gasteiger partial charge in [0.2, 0.25) is 0 Å². The molecular formula is C10H17ClN4O. The number of rotatable bonds is 6. The van der Waals surface area contributed by atoms with Crippen LogP contribution in [-0.4, -0.2) is 36.7 Å². The van der Waals surface area contributed by atoms with Crippen LogP contribution in [0.2, 0.25) is 5.02 Å². The summed E-state index contributed by atoms with van der Waals surface area (Å²) in [5.41, 5.74) is 5.56. The van der Waals surface area contributed by atoms with Crippen molar-refractivity contribution in [1.82, 2.24) is 9.97 Å². The summed E-state index contributed by atoms with van der Waals surface area (Å²) in [4.78, 5) is 10.2. The van der Waals surface area contributed by atoms with E-state index in [9.17, 15) is 0 Å². The monoisotopic (exact) mass is 244 g/mol. The Bertz CT molecular complexity index is 329. The Labute approximate surface area is 101 Å². The highest BCUT2D eigenvalue weighted by atomic mass is 35.5. The van der Waals surface area contributed by atoms with Gasteiger partial charge in [-0.15, -0.1) is 0 Å². The number of ether oxygens (including phenoxy) is 1. The lowest BCUT2D eigenvalue weighted by molar-refractivity contribution is 0.379. The van der Waals surface area contributed by atoms with Crippen LogP contribution < -0.4 is 15.4 Å². The molecule has 0 saturated carbocycles. The van der Waals surface area contributed by atoms with E-state index in [4.69, 9.17) is 22.1 Å². The van der Waals surface area contributed by atoms with Gasteiger partial charge in [-0.25, -0.2) is 4.98 Å². The second kappa shape index (κ2) is 6.50. The lowest BCUT2D eigenvalue weighted by Gasteiger charge is -2.23. The first-order valence-corrected chi connectivity index (χ1v) is 5.62. The molecule has 0 aliphatic heterocycles. The molecule has 0 saturated heterocycles. The molecule has 0 unspecified atom stereocenters. The predicted octanol–water partition coefficient (Wildman–Crippen LogP) is 1.31. The van der Waals surface area contributed by atoms with E-state index >= 15 is 0 Å². The van der Waals surface area contributed by atoms with Gasteiger partial charge in [0.25, 0.3) is 0 Å². The summed E-state index contributed by atoms with van der Waals surface area (Å²) in [5.74, 6) is 0.681. The third kappa shape index (κ3) is 3.21. The second-order valence-electron chi connectivity index (χ2n) is 3.30. The van der Waals surface area contributed by atoms with Gasteiger partial charge in [0.05, 0.1) is 13.3 Å². The summed E-state index contributed by atoms with van der Waals surface area (Å²) < 4.78 is 4.98. The van der Waals surface area contributed by atoms with Crippen molar-refractivity contribution in [3.05, 3.63) is 11.2 Å². The molecular weight excluding hydrogens is 228 g/mol. The standard InChI is InChI=1S/C10H17ClN4O/c1-3-5-15(6-4-12)9-8(11)7-13-10(14-9)16-2/h7H,3-6,12H2,1-2H3. The third-order valence-corrected chi connectivity index (χ3v) is 2.34. The quantitative estimate of drug-likeness (QED) is 0.818. The maximum atomic E-state index is 6.06. The van der Waals surface area contributed by atoms with Crippen LogP contribution in [0.4, 0.5) is 5.82 Å². The summed E-state index contributed by atoms with van der Waals surface area (Å²) in [6, 6.07) is 0.317. The summed E-state index contributed by atoms with van der Waals surface area (Å²) in [6.45, 7) is 4.23. The topological polar surface area (TPSA) is 64.3 Å². The molecule has 5 nitrogen and oxygen atoms in total. The summed E-state index contributed by atoms with van der Waals surface area (Å²) >= 11 is 6.06. The van der Waals surface area contributed by atoms with Crippen molar-refractivity contribution < 1.29 is 4.74 Å². The average molecular weight is 245 g/mol. The zero-order valence-corrected chi connectivity index (χ0v) is 10.4. The fourth-order valence-electron chi connectivity index (χ4n) is 1.41. The first kappa shape index (κ1) is 13.0. The number of hydrogen-bond acceptors (Lipinski definition) is 5. The first-order valence-electron chi connectivity index (χ1n) is 5.24. The molecule has 1 aromatic heterocycles. The first-order chi connectivity index (χ1) is 7.72. The minimum Gasteiger partial charge on any atom is -0.467 e. The Balaban J connectivity index is 2.96. The van der Waals surface area contributed by atoms with Gasteiger partial charge in [0, 0.05) is 19.6 Å². The van der Waals surface area contributed by atoms with Crippen LogP contribution >= 0.6 is 11.6 Å². The summed E-state index contributed by atoms with van der Waals surface area (Å²) in [5, 5.41) is 0.516. The number of anilines is 1. The minimum absolute atomic E-state index is 0.317. The van der Waals surface area contributed by atoms with Gasteiger partial charge < -0.3 is 15.4 Å². The second-order valence-corrected chi connectivity index (χ2v) is 3.71. The molecule has 1 rings (SSSR count). The molecule has 0 spiro atoms. The summed E-state index contributed by atoms with van der Waals surface area (Å²) in [7, 11) is 1.53. The van der Waals surface area contributed by atoms with Gasteiger partial charge in [-0.1, -0.05) is 18.5 Å². The molecule has 90 valence electrons. The van der Waals surface area contributed by atoms with Crippen LogP contribution in [0.1, 0.15) is 13.3 Å². The molecule has 0 radical (unpaired) electrons. The Morgan fingerprint density at radius 2 is 2.25 bits per heavy atom. The highest BCUT2D eigenvalue weighted by Gasteiger charge is 2.12. The predicted molar refractivity (Wildman–Crippen MR) is 65.2 cm³/mol. The van der Waals surface area contributed by atoms with E-state index in [1.54, 1.807) is 6.20 Å². The maximum Gasteiger partial charge on any atom is 0.318 e. The van der Waals surface area contributed by atoms with Crippen molar-refractivity contribution in [1.29, 1.82) is 0 Å². The maximum absolute atomic E-state index is 6.06. The van der Waals surface area contributed by atoms with E-state index in [1.807, 2.05) is 4.90 Å². The van der Waals surface area contributed by atoms with E-state index in [-0.39, 0.29) is 0 Å². The van der Waals surface area contributed by atoms with E-state index in [0.717, 1.165) is 13.0 Å². The minimum atomic E-state index is 0.317. The molecule has 0 atom stereocenters. The van der Waals surface area contributed by atoms with Gasteiger partial charge >= 0.3 is 6.01 Å². The molecule has 2 N–H and O–H groups in total. The fourth-order valence-corrected chi connectivity index (χ4v) is 1.62. The van der Waals surface area contributed by atoms with Crippen LogP contribution in [0.5, 0.6) is 6.01 Å². The van der Waals surface area contributed by atoms with Crippen molar-refractivity contribution in [2.45, 2.75) is 13.3 Å². The van der Waals surface area contributed by atoms with E-state index in [1.165, 1.54) is 7.11 Å². The van der Waals surface area contributed by atoms with Crippen LogP contribution in [0.3, 0.4) is 0 Å². The zero-order chi connectivity index (χ0) is 12.0. The fraction of sp³-hybridized carbons (Fsp3) is 0.600. The van der Waals surface area contributed by atoms with Crippen molar-refractivity contribution in [3.8, 4) is 6.01 Å². The van der Waals surface area contributed by atoms with Crippen molar-refractivity contribution in [2.75, 3.05) is 31.6 Å². The van der Waals surface area contributed by atoms with Gasteiger partial charge in [0.15, 0.2) is 5.82 Å². The third-order valence-electron chi connectivity index (χ3n) is 2.08. The Kier molecular flexibility index (Phi) is 5.28. The highest BCUT2D eigenvalue weighted by Crippen LogP contribution is 2.24. The number of aromatic nitrogens is 2. The van der Waals surface area contributed by atoms with E-state index in [2.05, 4.69) is 16.9 Å². The largest absolute Gasteiger partial charge is 0.467 e. The van der Waals surface area contributed by atoms with E-state index in [0.29, 0.717) is 29.9 Å². The average Bonchev–Trinajstić information content (AvgIpc) is 2.29. The van der Waals surface area contributed by atoms with Gasteiger partial charge in [-0.3, -0.25) is 0 Å². The van der Waals surface area contributed by atoms with Gasteiger partial charge in [-0.05, 0) is 6.42 Å². The molecule has 16 heavy (non-hydrogen) atoms. The highest BCUT2D eigenvalue weighted by molar-refractivity contribution is 6.32. The molecule has 0 fully saturated rings. The number of nitrogens with zero attached hydrogens (tertiary/aromatic N) is 3. The number of hydrogen-bond donors (Lipinski definition) is 1. The molecule has 0 aromatic carbocycles. The molecule has 0 amide bonds. The van der Waals surface area contributed by atoms with Crippen LogP contribution in [0, 0.1) is 0 Å². The van der Waals surface area contributed by atoms with Gasteiger partial charge in [-0.2, -0.15) is 4.98 Å². The summed E-state index contributed by atoms with van der Waals surface area (Å²) in [6.07, 6.45) is 2.55. The van der Waals surface area contributed by atoms with E-state index < -0.39 is 0 Å². The Morgan fingerprint density at radius 3 is 2.81 bits per heavy atom. The number of methoxy groups -OCH3 is 1. The number of nitrogens with two attached hydrogens (primary N) is 1. The lowest BCUT2D eigenvalue weighted by Crippen LogP contribution is -2.31. The van der Waals surface area contributed by atoms with Crippen molar-refractivity contribution in [2.24, 2.45) is 5.73 Å². The molecule has 0 aliphatic carbocycles. The Hall–Kier alpha value is -1.07. The van der Waals surface area contributed by atoms with Crippen molar-refractivity contribution in [3.63, 3.8) is 0 Å². The van der Waals surface area contributed by atoms with Crippen LogP contribution in [0.15, 0.2) is 6.20 Å². The normalized spacial score (nSPS) is 10.2. The zero-order valence-electron chi connectivity index (χ0n) is 9.61. The molecule has 1 heterocycles. The van der Waals surface area contributed by atoms with Gasteiger partial charge in [0.1, 0.15) is 5.02 Å². The SMILES string of the molecule is CCCN(CCN)c1nc(OC)ncc1Cl. The Morgan fingerprint density at radius 1 is 1.50 bits per heavy atom. The van der Waals surface area contributed by atoms with Crippen LogP contribution in [0.25, 0.3) is 0 Å². The smallest absolute Gasteiger partial charge is 0.318 e. The number of halogens is 1. The van der Waals surface area contributed by atoms with Crippen molar-refractivity contribution >= 4 is 17.4 Å². The molecule has 6 heteroatoms. The molecule has 0 aliphatic rings. The van der Waals surface area contributed by atoms with Crippen LogP contribution in [-0.2, 0) is 0 Å². The lowest BCUT2D eigenvalue weighted by atomic mass is 10.4. The molecule has 1 aromatic rings.